The fraction of sp³-hybridized carbons (Fsp3) is 0.409. The third kappa shape index (κ3) is 4.02. The first kappa shape index (κ1) is 19.1. The third-order valence-corrected chi connectivity index (χ3v) is 5.67. The second-order valence-electron chi connectivity index (χ2n) is 7.13. The Morgan fingerprint density at radius 2 is 1.52 bits per heavy atom. The second-order valence-corrected chi connectivity index (χ2v) is 7.13. The summed E-state index contributed by atoms with van der Waals surface area (Å²) in [5.74, 6) is 1.09. The highest BCUT2D eigenvalue weighted by molar-refractivity contribution is 5.64. The van der Waals surface area contributed by atoms with Crippen LogP contribution >= 0.6 is 0 Å². The largest absolute Gasteiger partial charge is 0.508 e. The molecule has 0 atom stereocenters. The average molecular weight is 369 g/mol. The van der Waals surface area contributed by atoms with Crippen molar-refractivity contribution >= 4 is 6.09 Å². The topological polar surface area (TPSA) is 81.8 Å². The number of amides is 1. The van der Waals surface area contributed by atoms with E-state index < -0.39 is 6.09 Å². The highest BCUT2D eigenvalue weighted by Crippen LogP contribution is 2.40. The zero-order valence-corrected chi connectivity index (χ0v) is 15.9. The number of rotatable bonds is 7. The minimum atomic E-state index is -0.729. The first-order chi connectivity index (χ1) is 13.0. The first-order valence-corrected chi connectivity index (χ1v) is 9.49. The molecule has 27 heavy (non-hydrogen) atoms. The van der Waals surface area contributed by atoms with E-state index in [0.717, 1.165) is 18.6 Å². The van der Waals surface area contributed by atoms with Gasteiger partial charge in [-0.3, -0.25) is 0 Å². The van der Waals surface area contributed by atoms with Gasteiger partial charge in [0.15, 0.2) is 0 Å². The van der Waals surface area contributed by atoms with Crippen molar-refractivity contribution in [3.63, 3.8) is 0 Å². The maximum atomic E-state index is 10.7. The van der Waals surface area contributed by atoms with Gasteiger partial charge in [-0.2, -0.15) is 0 Å². The molecule has 3 rings (SSSR count). The molecule has 2 aromatic rings. The molecule has 0 saturated heterocycles. The van der Waals surface area contributed by atoms with Crippen molar-refractivity contribution in [3.05, 3.63) is 59.7 Å². The van der Waals surface area contributed by atoms with Crippen molar-refractivity contribution in [3.8, 4) is 11.5 Å². The van der Waals surface area contributed by atoms with Gasteiger partial charge < -0.3 is 20.3 Å². The molecule has 0 aliphatic heterocycles. The molecule has 0 aromatic heterocycles. The Bertz CT molecular complexity index is 760. The number of nitrogens with two attached hydrogens (primary N) is 1. The van der Waals surface area contributed by atoms with Gasteiger partial charge in [0.1, 0.15) is 23.7 Å². The number of ether oxygens (including phenoxy) is 2. The van der Waals surface area contributed by atoms with Crippen LogP contribution in [-0.4, -0.2) is 23.4 Å². The average Bonchev–Trinajstić information content (AvgIpc) is 2.63. The molecule has 1 aliphatic rings. The maximum absolute atomic E-state index is 10.7. The number of hydrogen-bond acceptors (Lipinski definition) is 4. The van der Waals surface area contributed by atoms with Crippen molar-refractivity contribution < 1.29 is 19.4 Å². The summed E-state index contributed by atoms with van der Waals surface area (Å²) in [7, 11) is 0. The van der Waals surface area contributed by atoms with Gasteiger partial charge in [-0.05, 0) is 48.2 Å². The zero-order chi connectivity index (χ0) is 19.4. The molecule has 0 heterocycles. The van der Waals surface area contributed by atoms with Crippen LogP contribution in [0.25, 0.3) is 0 Å². The fourth-order valence-electron chi connectivity index (χ4n) is 3.93. The Labute approximate surface area is 160 Å². The smallest absolute Gasteiger partial charge is 0.404 e. The number of carbonyl (C=O) groups is 1. The third-order valence-electron chi connectivity index (χ3n) is 5.67. The van der Waals surface area contributed by atoms with Gasteiger partial charge in [0.25, 0.3) is 0 Å². The normalized spacial score (nSPS) is 19.2. The van der Waals surface area contributed by atoms with Gasteiger partial charge in [-0.25, -0.2) is 4.79 Å². The van der Waals surface area contributed by atoms with E-state index in [1.807, 2.05) is 24.3 Å². The molecule has 0 radical (unpaired) electrons. The van der Waals surface area contributed by atoms with E-state index in [9.17, 15) is 9.90 Å². The standard InChI is InChI=1S/C22H27NO4/c1-3-22(4-2,15-5-9-17(24)10-6-15)16-7-11-18(12-8-16)26-19-13-20(14-19)27-21(23)25/h5-12,19-20,24H,3-4,13-14H2,1-2H3,(H2,23,25). The summed E-state index contributed by atoms with van der Waals surface area (Å²) in [6.07, 6.45) is 2.46. The van der Waals surface area contributed by atoms with Gasteiger partial charge >= 0.3 is 6.09 Å². The maximum Gasteiger partial charge on any atom is 0.404 e. The summed E-state index contributed by atoms with van der Waals surface area (Å²) >= 11 is 0. The Kier molecular flexibility index (Phi) is 5.59. The molecule has 3 N–H and O–H groups in total. The molecular formula is C22H27NO4. The Morgan fingerprint density at radius 3 is 2.00 bits per heavy atom. The van der Waals surface area contributed by atoms with Gasteiger partial charge in [-0.15, -0.1) is 0 Å². The van der Waals surface area contributed by atoms with Crippen molar-refractivity contribution in [1.29, 1.82) is 0 Å². The molecule has 0 unspecified atom stereocenters. The minimum Gasteiger partial charge on any atom is -0.508 e. The van der Waals surface area contributed by atoms with Gasteiger partial charge in [0.05, 0.1) is 0 Å². The summed E-state index contributed by atoms with van der Waals surface area (Å²) < 4.78 is 10.9. The lowest BCUT2D eigenvalue weighted by Gasteiger charge is -2.35. The molecule has 1 fully saturated rings. The number of hydrogen-bond donors (Lipinski definition) is 2. The van der Waals surface area contributed by atoms with Crippen LogP contribution in [0.3, 0.4) is 0 Å². The predicted molar refractivity (Wildman–Crippen MR) is 104 cm³/mol. The van der Waals surface area contributed by atoms with Crippen molar-refractivity contribution in [2.75, 3.05) is 0 Å². The van der Waals surface area contributed by atoms with Crippen LogP contribution in [0.4, 0.5) is 4.79 Å². The van der Waals surface area contributed by atoms with Crippen LogP contribution in [0.1, 0.15) is 50.7 Å². The van der Waals surface area contributed by atoms with Gasteiger partial charge in [0, 0.05) is 18.3 Å². The van der Waals surface area contributed by atoms with E-state index in [1.54, 1.807) is 12.1 Å². The van der Waals surface area contributed by atoms with Crippen LogP contribution in [0.15, 0.2) is 48.5 Å². The Morgan fingerprint density at radius 1 is 1.00 bits per heavy atom. The van der Waals surface area contributed by atoms with Crippen LogP contribution in [-0.2, 0) is 10.2 Å². The predicted octanol–water partition coefficient (Wildman–Crippen LogP) is 4.50. The highest BCUT2D eigenvalue weighted by atomic mass is 16.6. The molecular weight excluding hydrogens is 342 g/mol. The number of phenols is 1. The van der Waals surface area contributed by atoms with Crippen LogP contribution in [0.2, 0.25) is 0 Å². The fourth-order valence-corrected chi connectivity index (χ4v) is 3.93. The van der Waals surface area contributed by atoms with E-state index in [1.165, 1.54) is 11.1 Å². The Balaban J connectivity index is 1.71. The minimum absolute atomic E-state index is 0.0550. The summed E-state index contributed by atoms with van der Waals surface area (Å²) in [5.41, 5.74) is 7.36. The van der Waals surface area contributed by atoms with Crippen LogP contribution in [0.5, 0.6) is 11.5 Å². The lowest BCUT2D eigenvalue weighted by molar-refractivity contribution is -0.0197. The van der Waals surface area contributed by atoms with E-state index in [0.29, 0.717) is 12.8 Å². The number of benzene rings is 2. The molecule has 0 spiro atoms. The molecule has 144 valence electrons. The quantitative estimate of drug-likeness (QED) is 0.753. The highest BCUT2D eigenvalue weighted by Gasteiger charge is 2.34. The lowest BCUT2D eigenvalue weighted by atomic mass is 9.70. The summed E-state index contributed by atoms with van der Waals surface area (Å²) in [5, 5.41) is 9.60. The first-order valence-electron chi connectivity index (χ1n) is 9.49. The summed E-state index contributed by atoms with van der Waals surface area (Å²) in [4.78, 5) is 10.7. The molecule has 0 bridgehead atoms. The molecule has 1 aliphatic carbocycles. The molecule has 1 saturated carbocycles. The van der Waals surface area contributed by atoms with Crippen molar-refractivity contribution in [2.24, 2.45) is 5.73 Å². The van der Waals surface area contributed by atoms with Gasteiger partial charge in [0.2, 0.25) is 0 Å². The van der Waals surface area contributed by atoms with E-state index >= 15 is 0 Å². The molecule has 5 heteroatoms. The van der Waals surface area contributed by atoms with Crippen LogP contribution < -0.4 is 10.5 Å². The van der Waals surface area contributed by atoms with Crippen molar-refractivity contribution in [1.82, 2.24) is 0 Å². The SMILES string of the molecule is CCC(CC)(c1ccc(O)cc1)c1ccc(OC2CC(OC(N)=O)C2)cc1. The molecule has 2 aromatic carbocycles. The summed E-state index contributed by atoms with van der Waals surface area (Å²) in [6.45, 7) is 4.38. The summed E-state index contributed by atoms with van der Waals surface area (Å²) in [6, 6.07) is 15.7. The van der Waals surface area contributed by atoms with E-state index in [2.05, 4.69) is 26.0 Å². The van der Waals surface area contributed by atoms with Crippen LogP contribution in [0, 0.1) is 0 Å². The number of primary amides is 1. The van der Waals surface area contributed by atoms with Gasteiger partial charge in [-0.1, -0.05) is 38.1 Å². The second kappa shape index (κ2) is 7.91. The number of carbonyl (C=O) groups excluding carboxylic acids is 1. The lowest BCUT2D eigenvalue weighted by Crippen LogP contribution is -2.41. The number of phenolic OH excluding ortho intramolecular Hbond substituents is 1. The molecule has 5 nitrogen and oxygen atoms in total. The van der Waals surface area contributed by atoms with E-state index in [-0.39, 0.29) is 23.4 Å². The Hall–Kier alpha value is -2.69. The molecule has 1 amide bonds. The monoisotopic (exact) mass is 369 g/mol. The van der Waals surface area contributed by atoms with E-state index in [4.69, 9.17) is 15.2 Å². The zero-order valence-electron chi connectivity index (χ0n) is 15.9. The number of aromatic hydroxyl groups is 1. The van der Waals surface area contributed by atoms with Crippen molar-refractivity contribution in [2.45, 2.75) is 57.2 Å².